The molecule has 2 nitrogen and oxygen atoms in total. The lowest BCUT2D eigenvalue weighted by Crippen LogP contribution is -1.83. The van der Waals surface area contributed by atoms with Gasteiger partial charge in [-0.05, 0) is 29.1 Å². The molecule has 3 heterocycles. The van der Waals surface area contributed by atoms with Crippen molar-refractivity contribution in [3.8, 4) is 21.7 Å². The number of nitrogens with zero attached hydrogens (tertiary/aromatic N) is 2. The van der Waals surface area contributed by atoms with Gasteiger partial charge in [0.05, 0.1) is 10.4 Å². The summed E-state index contributed by atoms with van der Waals surface area (Å²) in [5.41, 5.74) is 4.60. The van der Waals surface area contributed by atoms with Crippen LogP contribution in [0.3, 0.4) is 0 Å². The Kier molecular flexibility index (Phi) is 2.64. The highest BCUT2D eigenvalue weighted by Crippen LogP contribution is 2.36. The Morgan fingerprint density at radius 1 is 0.850 bits per heavy atom. The van der Waals surface area contributed by atoms with Gasteiger partial charge in [0.1, 0.15) is 5.69 Å². The van der Waals surface area contributed by atoms with Crippen molar-refractivity contribution in [2.45, 2.75) is 0 Å². The average Bonchev–Trinajstić information content (AvgIpc) is 3.15. The number of pyridine rings is 1. The highest BCUT2D eigenvalue weighted by atomic mass is 32.1. The van der Waals surface area contributed by atoms with Gasteiger partial charge < -0.3 is 0 Å². The quantitative estimate of drug-likeness (QED) is 0.517. The molecule has 0 aliphatic rings. The van der Waals surface area contributed by atoms with E-state index in [1.54, 1.807) is 11.3 Å². The molecule has 96 valence electrons. The number of thiophene rings is 1. The lowest BCUT2D eigenvalue weighted by molar-refractivity contribution is 0.967. The molecule has 0 saturated carbocycles. The van der Waals surface area contributed by atoms with Crippen LogP contribution in [0.4, 0.5) is 0 Å². The lowest BCUT2D eigenvalue weighted by Gasteiger charge is -2.01. The molecule has 0 aliphatic carbocycles. The molecule has 0 saturated heterocycles. The summed E-state index contributed by atoms with van der Waals surface area (Å²) in [7, 11) is 0. The van der Waals surface area contributed by atoms with E-state index in [0.717, 1.165) is 11.2 Å². The van der Waals surface area contributed by atoms with Gasteiger partial charge in [-0.25, -0.2) is 4.52 Å². The fourth-order valence-electron chi connectivity index (χ4n) is 2.47. The first-order valence-electron chi connectivity index (χ1n) is 6.50. The summed E-state index contributed by atoms with van der Waals surface area (Å²) in [5, 5.41) is 6.85. The van der Waals surface area contributed by atoms with Crippen LogP contribution in [0, 0.1) is 0 Å². The Hall–Kier alpha value is -2.39. The Morgan fingerprint density at radius 2 is 1.70 bits per heavy atom. The lowest BCUT2D eigenvalue weighted by atomic mass is 10.0. The zero-order valence-corrected chi connectivity index (χ0v) is 11.5. The molecule has 0 amide bonds. The third-order valence-electron chi connectivity index (χ3n) is 3.36. The van der Waals surface area contributed by atoms with E-state index in [-0.39, 0.29) is 0 Å². The van der Waals surface area contributed by atoms with E-state index in [2.05, 4.69) is 53.9 Å². The third-order valence-corrected chi connectivity index (χ3v) is 4.23. The topological polar surface area (TPSA) is 17.3 Å². The summed E-state index contributed by atoms with van der Waals surface area (Å²) in [4.78, 5) is 1.20. The van der Waals surface area contributed by atoms with Gasteiger partial charge in [0.15, 0.2) is 0 Å². The summed E-state index contributed by atoms with van der Waals surface area (Å²) in [6.45, 7) is 0. The fraction of sp³-hybridized carbons (Fsp3) is 0. The van der Waals surface area contributed by atoms with Crippen LogP contribution >= 0.6 is 11.3 Å². The molecular formula is C17H12N2S. The Bertz CT molecular complexity index is 845. The molecule has 3 heteroatoms. The highest BCUT2D eigenvalue weighted by Gasteiger charge is 2.16. The third kappa shape index (κ3) is 1.75. The second-order valence-electron chi connectivity index (χ2n) is 4.60. The van der Waals surface area contributed by atoms with Crippen molar-refractivity contribution in [2.24, 2.45) is 0 Å². The summed E-state index contributed by atoms with van der Waals surface area (Å²) < 4.78 is 1.96. The first kappa shape index (κ1) is 11.4. The maximum absolute atomic E-state index is 4.76. The first-order chi connectivity index (χ1) is 9.93. The average molecular weight is 276 g/mol. The number of benzene rings is 1. The van der Waals surface area contributed by atoms with Gasteiger partial charge in [-0.2, -0.15) is 5.10 Å². The predicted molar refractivity (Wildman–Crippen MR) is 83.9 cm³/mol. The van der Waals surface area contributed by atoms with Crippen LogP contribution in [0.2, 0.25) is 0 Å². The van der Waals surface area contributed by atoms with Gasteiger partial charge in [-0.3, -0.25) is 0 Å². The van der Waals surface area contributed by atoms with Gasteiger partial charge in [0, 0.05) is 11.8 Å². The summed E-state index contributed by atoms with van der Waals surface area (Å²) in [6, 6.07) is 20.8. The predicted octanol–water partition coefficient (Wildman–Crippen LogP) is 4.73. The van der Waals surface area contributed by atoms with Crippen LogP contribution in [0.25, 0.3) is 27.2 Å². The van der Waals surface area contributed by atoms with Crippen LogP contribution in [-0.2, 0) is 0 Å². The van der Waals surface area contributed by atoms with Crippen molar-refractivity contribution < 1.29 is 0 Å². The minimum absolute atomic E-state index is 1.05. The van der Waals surface area contributed by atoms with Crippen molar-refractivity contribution in [1.82, 2.24) is 9.61 Å². The van der Waals surface area contributed by atoms with Crippen LogP contribution in [-0.4, -0.2) is 9.61 Å². The zero-order valence-electron chi connectivity index (χ0n) is 10.7. The molecule has 0 fully saturated rings. The highest BCUT2D eigenvalue weighted by molar-refractivity contribution is 7.13. The van der Waals surface area contributed by atoms with E-state index in [0.29, 0.717) is 0 Å². The zero-order chi connectivity index (χ0) is 13.4. The van der Waals surface area contributed by atoms with Crippen molar-refractivity contribution in [3.63, 3.8) is 0 Å². The van der Waals surface area contributed by atoms with E-state index in [4.69, 9.17) is 5.10 Å². The Balaban J connectivity index is 2.09. The number of rotatable bonds is 2. The van der Waals surface area contributed by atoms with Gasteiger partial charge in [-0.1, -0.05) is 42.5 Å². The van der Waals surface area contributed by atoms with Crippen molar-refractivity contribution in [3.05, 3.63) is 72.2 Å². The Labute approximate surface area is 120 Å². The molecule has 4 rings (SSSR count). The van der Waals surface area contributed by atoms with Crippen molar-refractivity contribution in [1.29, 1.82) is 0 Å². The Morgan fingerprint density at radius 3 is 2.50 bits per heavy atom. The van der Waals surface area contributed by atoms with Gasteiger partial charge in [0.2, 0.25) is 0 Å². The number of hydrogen-bond acceptors (Lipinski definition) is 2. The van der Waals surface area contributed by atoms with Crippen LogP contribution in [0.5, 0.6) is 0 Å². The van der Waals surface area contributed by atoms with Crippen LogP contribution in [0.1, 0.15) is 0 Å². The molecule has 3 aromatic heterocycles. The maximum atomic E-state index is 4.76. The maximum Gasteiger partial charge on any atom is 0.111 e. The molecular weight excluding hydrogens is 264 g/mol. The normalized spacial score (nSPS) is 11.0. The second-order valence-corrected chi connectivity index (χ2v) is 5.55. The molecule has 0 bridgehead atoms. The summed E-state index contributed by atoms with van der Waals surface area (Å²) in [5.74, 6) is 0. The van der Waals surface area contributed by atoms with Gasteiger partial charge in [-0.15, -0.1) is 11.3 Å². The van der Waals surface area contributed by atoms with E-state index in [9.17, 15) is 0 Å². The molecule has 1 aromatic carbocycles. The van der Waals surface area contributed by atoms with Crippen molar-refractivity contribution in [2.75, 3.05) is 0 Å². The molecule has 0 atom stereocenters. The second kappa shape index (κ2) is 4.62. The molecule has 4 aromatic rings. The fourth-order valence-corrected chi connectivity index (χ4v) is 3.19. The van der Waals surface area contributed by atoms with E-state index >= 15 is 0 Å². The summed E-state index contributed by atoms with van der Waals surface area (Å²) >= 11 is 1.72. The van der Waals surface area contributed by atoms with Gasteiger partial charge in [0.25, 0.3) is 0 Å². The van der Waals surface area contributed by atoms with E-state index in [1.807, 2.05) is 22.8 Å². The largest absolute Gasteiger partial charge is 0.240 e. The molecule has 0 aliphatic heterocycles. The number of fused-ring (bicyclic) bond motifs is 1. The van der Waals surface area contributed by atoms with Crippen LogP contribution in [0.15, 0.2) is 72.2 Å². The van der Waals surface area contributed by atoms with Gasteiger partial charge >= 0.3 is 0 Å². The minimum Gasteiger partial charge on any atom is -0.240 e. The first-order valence-corrected chi connectivity index (χ1v) is 7.38. The summed E-state index contributed by atoms with van der Waals surface area (Å²) in [6.07, 6.45) is 2.00. The van der Waals surface area contributed by atoms with Crippen molar-refractivity contribution >= 4 is 16.9 Å². The smallest absolute Gasteiger partial charge is 0.111 e. The molecule has 0 spiro atoms. The van der Waals surface area contributed by atoms with E-state index < -0.39 is 0 Å². The number of aromatic nitrogens is 2. The SMILES string of the molecule is c1ccc(-c2c(-c3cccs3)nn3ccccc23)cc1. The molecule has 0 N–H and O–H groups in total. The van der Waals surface area contributed by atoms with E-state index in [1.165, 1.54) is 16.0 Å². The standard InChI is InChI=1S/C17H12N2S/c1-2-7-13(8-3-1)16-14-9-4-5-11-19(14)18-17(16)15-10-6-12-20-15/h1-12H. The monoisotopic (exact) mass is 276 g/mol. The van der Waals surface area contributed by atoms with Crippen LogP contribution < -0.4 is 0 Å². The number of hydrogen-bond donors (Lipinski definition) is 0. The molecule has 0 unspecified atom stereocenters. The molecule has 20 heavy (non-hydrogen) atoms. The molecule has 0 radical (unpaired) electrons. The minimum atomic E-state index is 1.05.